The lowest BCUT2D eigenvalue weighted by Crippen LogP contribution is -2.18. The molecular weight excluding hydrogens is 176 g/mol. The molecule has 0 aromatic heterocycles. The Bertz CT molecular complexity index is 278. The van der Waals surface area contributed by atoms with E-state index < -0.39 is 0 Å². The Hall–Kier alpha value is -1.22. The van der Waals surface area contributed by atoms with Gasteiger partial charge in [-0.1, -0.05) is 0 Å². The average Bonchev–Trinajstić information content (AvgIpc) is 2.70. The van der Waals surface area contributed by atoms with E-state index in [-0.39, 0.29) is 0 Å². The van der Waals surface area contributed by atoms with Gasteiger partial charge in [0.05, 0.1) is 6.10 Å². The maximum Gasteiger partial charge on any atom is 0.0748 e. The Morgan fingerprint density at radius 2 is 2.14 bits per heavy atom. The zero-order chi connectivity index (χ0) is 9.80. The third kappa shape index (κ3) is 2.39. The molecule has 0 spiro atoms. The summed E-state index contributed by atoms with van der Waals surface area (Å²) in [6.45, 7) is 1.80. The number of benzene rings is 1. The number of hydrogen-bond acceptors (Lipinski definition) is 3. The van der Waals surface area contributed by atoms with Crippen molar-refractivity contribution in [2.75, 3.05) is 24.2 Å². The standard InChI is InChI=1S/C11H16N2O/c12-9-3-5-10(6-4-9)13-8-11-2-1-7-14-11/h3-6,11,13H,1-2,7-8,12H2/t11-/m1/s1. The Balaban J connectivity index is 1.82. The van der Waals surface area contributed by atoms with Crippen molar-refractivity contribution >= 4 is 11.4 Å². The molecule has 3 N–H and O–H groups in total. The largest absolute Gasteiger partial charge is 0.399 e. The normalized spacial score (nSPS) is 21.0. The lowest BCUT2D eigenvalue weighted by Gasteiger charge is -2.11. The fraction of sp³-hybridized carbons (Fsp3) is 0.455. The lowest BCUT2D eigenvalue weighted by molar-refractivity contribution is 0.120. The fourth-order valence-corrected chi connectivity index (χ4v) is 1.64. The number of nitrogen functional groups attached to an aromatic ring is 1. The molecule has 0 bridgehead atoms. The summed E-state index contributed by atoms with van der Waals surface area (Å²) in [7, 11) is 0. The second-order valence-corrected chi connectivity index (χ2v) is 3.64. The quantitative estimate of drug-likeness (QED) is 0.719. The van der Waals surface area contributed by atoms with Crippen molar-refractivity contribution in [3.8, 4) is 0 Å². The monoisotopic (exact) mass is 192 g/mol. The summed E-state index contributed by atoms with van der Waals surface area (Å²) in [6, 6.07) is 7.78. The van der Waals surface area contributed by atoms with Gasteiger partial charge in [-0.15, -0.1) is 0 Å². The van der Waals surface area contributed by atoms with Gasteiger partial charge < -0.3 is 15.8 Å². The van der Waals surface area contributed by atoms with E-state index in [1.54, 1.807) is 0 Å². The molecule has 14 heavy (non-hydrogen) atoms. The summed E-state index contributed by atoms with van der Waals surface area (Å²) in [5.74, 6) is 0. The van der Waals surface area contributed by atoms with Crippen LogP contribution in [0, 0.1) is 0 Å². The van der Waals surface area contributed by atoms with Crippen molar-refractivity contribution in [1.82, 2.24) is 0 Å². The van der Waals surface area contributed by atoms with Gasteiger partial charge in [-0.2, -0.15) is 0 Å². The number of rotatable bonds is 3. The van der Waals surface area contributed by atoms with Gasteiger partial charge in [0, 0.05) is 24.5 Å². The highest BCUT2D eigenvalue weighted by Gasteiger charge is 2.14. The highest BCUT2D eigenvalue weighted by Crippen LogP contribution is 2.14. The van der Waals surface area contributed by atoms with Gasteiger partial charge in [-0.3, -0.25) is 0 Å². The third-order valence-corrected chi connectivity index (χ3v) is 2.47. The smallest absolute Gasteiger partial charge is 0.0748 e. The predicted molar refractivity (Wildman–Crippen MR) is 58.3 cm³/mol. The Kier molecular flexibility index (Phi) is 2.89. The van der Waals surface area contributed by atoms with Crippen LogP contribution in [0.3, 0.4) is 0 Å². The van der Waals surface area contributed by atoms with Crippen LogP contribution in [-0.4, -0.2) is 19.3 Å². The van der Waals surface area contributed by atoms with Gasteiger partial charge in [0.25, 0.3) is 0 Å². The number of hydrogen-bond donors (Lipinski definition) is 2. The zero-order valence-electron chi connectivity index (χ0n) is 8.20. The van der Waals surface area contributed by atoms with E-state index in [0.29, 0.717) is 6.10 Å². The first-order valence-electron chi connectivity index (χ1n) is 5.05. The highest BCUT2D eigenvalue weighted by atomic mass is 16.5. The third-order valence-electron chi connectivity index (χ3n) is 2.47. The predicted octanol–water partition coefficient (Wildman–Crippen LogP) is 1.86. The van der Waals surface area contributed by atoms with Crippen molar-refractivity contribution in [2.24, 2.45) is 0 Å². The van der Waals surface area contributed by atoms with E-state index in [2.05, 4.69) is 5.32 Å². The first kappa shape index (κ1) is 9.34. The van der Waals surface area contributed by atoms with Gasteiger partial charge in [-0.25, -0.2) is 0 Å². The molecule has 1 fully saturated rings. The molecule has 0 radical (unpaired) electrons. The summed E-state index contributed by atoms with van der Waals surface area (Å²) in [5.41, 5.74) is 7.50. The van der Waals surface area contributed by atoms with Gasteiger partial charge in [-0.05, 0) is 37.1 Å². The zero-order valence-corrected chi connectivity index (χ0v) is 8.20. The van der Waals surface area contributed by atoms with Gasteiger partial charge >= 0.3 is 0 Å². The van der Waals surface area contributed by atoms with Crippen LogP contribution in [0.4, 0.5) is 11.4 Å². The molecule has 1 aromatic carbocycles. The topological polar surface area (TPSA) is 47.3 Å². The molecule has 3 heteroatoms. The van der Waals surface area contributed by atoms with Crippen LogP contribution in [0.1, 0.15) is 12.8 Å². The molecule has 76 valence electrons. The molecule has 1 atom stereocenters. The Labute approximate surface area is 84.3 Å². The number of ether oxygens (including phenoxy) is 1. The molecule has 0 amide bonds. The van der Waals surface area contributed by atoms with Gasteiger partial charge in [0.1, 0.15) is 0 Å². The van der Waals surface area contributed by atoms with Crippen molar-refractivity contribution in [1.29, 1.82) is 0 Å². The van der Waals surface area contributed by atoms with E-state index in [1.807, 2.05) is 24.3 Å². The minimum atomic E-state index is 0.382. The van der Waals surface area contributed by atoms with Crippen LogP contribution in [0.25, 0.3) is 0 Å². The summed E-state index contributed by atoms with van der Waals surface area (Å²) >= 11 is 0. The molecule has 1 aliphatic rings. The molecule has 1 aliphatic heterocycles. The molecule has 2 rings (SSSR count). The fourth-order valence-electron chi connectivity index (χ4n) is 1.64. The molecule has 1 heterocycles. The highest BCUT2D eigenvalue weighted by molar-refractivity contribution is 5.51. The molecule has 1 saturated heterocycles. The summed E-state index contributed by atoms with van der Waals surface area (Å²) in [5, 5.41) is 3.33. The van der Waals surface area contributed by atoms with Gasteiger partial charge in [0.15, 0.2) is 0 Å². The summed E-state index contributed by atoms with van der Waals surface area (Å²) in [4.78, 5) is 0. The van der Waals surface area contributed by atoms with E-state index in [4.69, 9.17) is 10.5 Å². The molecule has 0 aliphatic carbocycles. The second-order valence-electron chi connectivity index (χ2n) is 3.64. The first-order chi connectivity index (χ1) is 6.84. The van der Waals surface area contributed by atoms with Crippen LogP contribution >= 0.6 is 0 Å². The second kappa shape index (κ2) is 4.33. The molecule has 3 nitrogen and oxygen atoms in total. The van der Waals surface area contributed by atoms with Crippen LogP contribution in [-0.2, 0) is 4.74 Å². The molecule has 0 saturated carbocycles. The molecular formula is C11H16N2O. The summed E-state index contributed by atoms with van der Waals surface area (Å²) < 4.78 is 5.51. The SMILES string of the molecule is Nc1ccc(NC[C@H]2CCCO2)cc1. The first-order valence-corrected chi connectivity index (χ1v) is 5.05. The van der Waals surface area contributed by atoms with Crippen LogP contribution in [0.15, 0.2) is 24.3 Å². The van der Waals surface area contributed by atoms with Crippen LogP contribution in [0.5, 0.6) is 0 Å². The van der Waals surface area contributed by atoms with Crippen molar-refractivity contribution in [2.45, 2.75) is 18.9 Å². The van der Waals surface area contributed by atoms with E-state index >= 15 is 0 Å². The molecule has 0 unspecified atom stereocenters. The van der Waals surface area contributed by atoms with Crippen molar-refractivity contribution in [3.05, 3.63) is 24.3 Å². The van der Waals surface area contributed by atoms with Crippen molar-refractivity contribution < 1.29 is 4.74 Å². The molecule has 1 aromatic rings. The Morgan fingerprint density at radius 1 is 1.36 bits per heavy atom. The number of nitrogens with two attached hydrogens (primary N) is 1. The minimum Gasteiger partial charge on any atom is -0.399 e. The van der Waals surface area contributed by atoms with Crippen molar-refractivity contribution in [3.63, 3.8) is 0 Å². The van der Waals surface area contributed by atoms with E-state index in [1.165, 1.54) is 12.8 Å². The minimum absolute atomic E-state index is 0.382. The number of nitrogens with one attached hydrogen (secondary N) is 1. The Morgan fingerprint density at radius 3 is 2.79 bits per heavy atom. The number of anilines is 2. The van der Waals surface area contributed by atoms with E-state index in [9.17, 15) is 0 Å². The maximum absolute atomic E-state index is 5.59. The van der Waals surface area contributed by atoms with E-state index in [0.717, 1.165) is 24.5 Å². The van der Waals surface area contributed by atoms with Crippen LogP contribution < -0.4 is 11.1 Å². The summed E-state index contributed by atoms with van der Waals surface area (Å²) in [6.07, 6.45) is 2.74. The average molecular weight is 192 g/mol. The van der Waals surface area contributed by atoms with Crippen LogP contribution in [0.2, 0.25) is 0 Å². The lowest BCUT2D eigenvalue weighted by atomic mass is 10.2. The van der Waals surface area contributed by atoms with Gasteiger partial charge in [0.2, 0.25) is 0 Å². The maximum atomic E-state index is 5.59.